The van der Waals surface area contributed by atoms with Crippen molar-refractivity contribution < 1.29 is 22.7 Å². The van der Waals surface area contributed by atoms with Crippen molar-refractivity contribution in [3.8, 4) is 17.4 Å². The average molecular weight is 497 g/mol. The largest absolute Gasteiger partial charge is 0.493 e. The van der Waals surface area contributed by atoms with E-state index in [9.17, 15) is 13.2 Å². The highest BCUT2D eigenvalue weighted by Crippen LogP contribution is 2.38. The minimum Gasteiger partial charge on any atom is -0.493 e. The summed E-state index contributed by atoms with van der Waals surface area (Å²) in [6.45, 7) is 7.06. The zero-order chi connectivity index (χ0) is 25.2. The van der Waals surface area contributed by atoms with Crippen LogP contribution in [-0.2, 0) is 10.0 Å². The molecule has 4 rings (SSSR count). The Morgan fingerprint density at radius 3 is 2.51 bits per heavy atom. The summed E-state index contributed by atoms with van der Waals surface area (Å²) in [6.07, 6.45) is 2.55. The maximum absolute atomic E-state index is 13.1. The monoisotopic (exact) mass is 496 g/mol. The Kier molecular flexibility index (Phi) is 6.66. The smallest absolute Gasteiger partial charge is 0.281 e. The number of ether oxygens (including phenoxy) is 2. The third kappa shape index (κ3) is 4.93. The molecule has 0 bridgehead atoms. The fraction of sp³-hybridized carbons (Fsp3) is 0.320. The lowest BCUT2D eigenvalue weighted by atomic mass is 9.90. The van der Waals surface area contributed by atoms with Crippen LogP contribution in [0.15, 0.2) is 65.8 Å². The summed E-state index contributed by atoms with van der Waals surface area (Å²) in [4.78, 5) is 23.7. The molecule has 10 heteroatoms. The van der Waals surface area contributed by atoms with Crippen LogP contribution in [0.3, 0.4) is 0 Å². The normalized spacial score (nSPS) is 17.1. The molecular formula is C25H28N4O5S. The molecule has 184 valence electrons. The molecule has 3 heterocycles. The second-order valence-corrected chi connectivity index (χ2v) is 10.5. The van der Waals surface area contributed by atoms with E-state index in [2.05, 4.69) is 40.4 Å². The number of para-hydroxylation sites is 2. The summed E-state index contributed by atoms with van der Waals surface area (Å²) >= 11 is 0. The Hall–Kier alpha value is -3.66. The fourth-order valence-corrected chi connectivity index (χ4v) is 4.97. The van der Waals surface area contributed by atoms with Gasteiger partial charge >= 0.3 is 0 Å². The molecule has 1 unspecified atom stereocenters. The van der Waals surface area contributed by atoms with Crippen LogP contribution in [0.4, 0.5) is 5.82 Å². The highest BCUT2D eigenvalue weighted by Gasteiger charge is 2.40. The topological polar surface area (TPSA) is 111 Å². The summed E-state index contributed by atoms with van der Waals surface area (Å²) in [5, 5.41) is -0.348. The van der Waals surface area contributed by atoms with Crippen LogP contribution in [0.2, 0.25) is 0 Å². The number of benzene rings is 1. The van der Waals surface area contributed by atoms with Gasteiger partial charge in [0.2, 0.25) is 5.88 Å². The maximum atomic E-state index is 13.1. The molecule has 3 aromatic rings. The first-order valence-corrected chi connectivity index (χ1v) is 12.7. The first-order chi connectivity index (χ1) is 16.6. The van der Waals surface area contributed by atoms with Gasteiger partial charge in [0.1, 0.15) is 5.82 Å². The number of hydrogen-bond acceptors (Lipinski definition) is 8. The van der Waals surface area contributed by atoms with E-state index in [-0.39, 0.29) is 22.0 Å². The maximum Gasteiger partial charge on any atom is 0.281 e. The van der Waals surface area contributed by atoms with E-state index >= 15 is 0 Å². The molecule has 1 fully saturated rings. The van der Waals surface area contributed by atoms with Crippen molar-refractivity contribution >= 4 is 21.7 Å². The first kappa shape index (κ1) is 24.5. The highest BCUT2D eigenvalue weighted by atomic mass is 32.2. The summed E-state index contributed by atoms with van der Waals surface area (Å²) < 4.78 is 39.2. The Bertz CT molecular complexity index is 1340. The minimum absolute atomic E-state index is 0.0414. The van der Waals surface area contributed by atoms with E-state index in [4.69, 9.17) is 9.47 Å². The van der Waals surface area contributed by atoms with Gasteiger partial charge in [-0.2, -0.15) is 13.4 Å². The van der Waals surface area contributed by atoms with Crippen molar-refractivity contribution in [2.45, 2.75) is 37.8 Å². The Labute approximate surface area is 205 Å². The van der Waals surface area contributed by atoms with E-state index in [1.54, 1.807) is 42.6 Å². The number of nitrogens with one attached hydrogen (secondary N) is 1. The van der Waals surface area contributed by atoms with E-state index in [1.165, 1.54) is 25.3 Å². The number of methoxy groups -OCH3 is 1. The van der Waals surface area contributed by atoms with Gasteiger partial charge in [-0.3, -0.25) is 4.79 Å². The molecule has 0 spiro atoms. The molecule has 0 saturated carbocycles. The lowest BCUT2D eigenvalue weighted by molar-refractivity contribution is 0.0981. The van der Waals surface area contributed by atoms with Gasteiger partial charge in [0.25, 0.3) is 15.9 Å². The number of aromatic nitrogens is 2. The molecule has 1 aliphatic heterocycles. The van der Waals surface area contributed by atoms with Gasteiger partial charge < -0.3 is 14.4 Å². The van der Waals surface area contributed by atoms with Crippen LogP contribution in [0, 0.1) is 5.92 Å². The van der Waals surface area contributed by atoms with Crippen molar-refractivity contribution in [3.63, 3.8) is 0 Å². The van der Waals surface area contributed by atoms with Gasteiger partial charge in [-0.1, -0.05) is 25.1 Å². The quantitative estimate of drug-likeness (QED) is 0.522. The number of sulfonamides is 1. The lowest BCUT2D eigenvalue weighted by Gasteiger charge is -2.36. The number of nitrogens with zero attached hydrogens (tertiary/aromatic N) is 3. The molecule has 35 heavy (non-hydrogen) atoms. The van der Waals surface area contributed by atoms with E-state index in [0.717, 1.165) is 13.0 Å². The molecule has 1 aromatic carbocycles. The van der Waals surface area contributed by atoms with Crippen LogP contribution in [0.5, 0.6) is 17.4 Å². The molecular weight excluding hydrogens is 468 g/mol. The molecule has 9 nitrogen and oxygen atoms in total. The number of anilines is 1. The Morgan fingerprint density at radius 2 is 1.83 bits per heavy atom. The number of pyridine rings is 2. The Balaban J connectivity index is 1.58. The second-order valence-electron chi connectivity index (χ2n) is 8.87. The number of carbonyl (C=O) groups is 1. The molecule has 1 amide bonds. The first-order valence-electron chi connectivity index (χ1n) is 11.2. The number of rotatable bonds is 7. The SMILES string of the molecule is COc1ccccc1Oc1cccc(S(=O)(=O)NC(=O)c2cccnc2N2CCC(C)C2(C)C)n1. The predicted molar refractivity (Wildman–Crippen MR) is 131 cm³/mol. The van der Waals surface area contributed by atoms with Crippen molar-refractivity contribution in [2.24, 2.45) is 5.92 Å². The van der Waals surface area contributed by atoms with Crippen molar-refractivity contribution in [1.82, 2.24) is 14.7 Å². The number of carbonyl (C=O) groups excluding carboxylic acids is 1. The van der Waals surface area contributed by atoms with Crippen molar-refractivity contribution in [1.29, 1.82) is 0 Å². The van der Waals surface area contributed by atoms with E-state index < -0.39 is 15.9 Å². The van der Waals surface area contributed by atoms with Crippen LogP contribution >= 0.6 is 0 Å². The number of hydrogen-bond donors (Lipinski definition) is 1. The van der Waals surface area contributed by atoms with Gasteiger partial charge in [0.05, 0.1) is 12.7 Å². The minimum atomic E-state index is -4.29. The summed E-state index contributed by atoms with van der Waals surface area (Å²) in [6, 6.07) is 14.4. The average Bonchev–Trinajstić information content (AvgIpc) is 3.11. The molecule has 0 aliphatic carbocycles. The molecule has 1 atom stereocenters. The highest BCUT2D eigenvalue weighted by molar-refractivity contribution is 7.90. The Morgan fingerprint density at radius 1 is 1.09 bits per heavy atom. The number of amides is 1. The zero-order valence-corrected chi connectivity index (χ0v) is 20.9. The van der Waals surface area contributed by atoms with Crippen LogP contribution in [0.25, 0.3) is 0 Å². The third-order valence-corrected chi connectivity index (χ3v) is 7.69. The van der Waals surface area contributed by atoms with E-state index in [1.807, 2.05) is 0 Å². The predicted octanol–water partition coefficient (Wildman–Crippen LogP) is 4.02. The van der Waals surface area contributed by atoms with E-state index in [0.29, 0.717) is 23.2 Å². The van der Waals surface area contributed by atoms with Gasteiger partial charge in [-0.15, -0.1) is 0 Å². The van der Waals surface area contributed by atoms with Gasteiger partial charge in [-0.25, -0.2) is 9.71 Å². The molecule has 2 aromatic heterocycles. The van der Waals surface area contributed by atoms with Gasteiger partial charge in [-0.05, 0) is 56.5 Å². The lowest BCUT2D eigenvalue weighted by Crippen LogP contribution is -2.43. The third-order valence-electron chi connectivity index (χ3n) is 6.46. The summed E-state index contributed by atoms with van der Waals surface area (Å²) in [5.41, 5.74) is -0.0479. The zero-order valence-electron chi connectivity index (χ0n) is 20.1. The molecule has 0 radical (unpaired) electrons. The van der Waals surface area contributed by atoms with Crippen molar-refractivity contribution in [3.05, 3.63) is 66.4 Å². The second kappa shape index (κ2) is 9.53. The van der Waals surface area contributed by atoms with Crippen LogP contribution < -0.4 is 19.1 Å². The molecule has 1 saturated heterocycles. The molecule has 1 aliphatic rings. The standard InChI is InChI=1S/C25H28N4O5S/c1-17-14-16-29(25(17,2)3)23-18(9-8-15-26-23)24(30)28-35(31,32)22-13-7-12-21(27-22)34-20-11-6-5-10-19(20)33-4/h5-13,15,17H,14,16H2,1-4H3,(H,28,30). The fourth-order valence-electron chi connectivity index (χ4n) is 4.05. The molecule has 1 N–H and O–H groups in total. The van der Waals surface area contributed by atoms with Gasteiger partial charge in [0, 0.05) is 24.3 Å². The van der Waals surface area contributed by atoms with Crippen LogP contribution in [0.1, 0.15) is 37.6 Å². The van der Waals surface area contributed by atoms with Gasteiger partial charge in [0.15, 0.2) is 16.5 Å². The summed E-state index contributed by atoms with van der Waals surface area (Å²) in [5.74, 6) is 0.957. The summed E-state index contributed by atoms with van der Waals surface area (Å²) in [7, 11) is -2.78. The van der Waals surface area contributed by atoms with Crippen molar-refractivity contribution in [2.75, 3.05) is 18.6 Å². The van der Waals surface area contributed by atoms with Crippen LogP contribution in [-0.4, -0.2) is 43.5 Å².